The Bertz CT molecular complexity index is 204. The first kappa shape index (κ1) is 12.3. The van der Waals surface area contributed by atoms with Crippen LogP contribution in [0.5, 0.6) is 0 Å². The zero-order chi connectivity index (χ0) is 11.4. The number of nitrogens with zero attached hydrogens (tertiary/aromatic N) is 1. The highest BCUT2D eigenvalue weighted by atomic mass is 16.3. The lowest BCUT2D eigenvalue weighted by Gasteiger charge is -2.39. The van der Waals surface area contributed by atoms with Gasteiger partial charge in [0.25, 0.3) is 0 Å². The van der Waals surface area contributed by atoms with E-state index in [1.54, 1.807) is 0 Å². The van der Waals surface area contributed by atoms with Gasteiger partial charge >= 0.3 is 0 Å². The molecule has 16 heavy (non-hydrogen) atoms. The summed E-state index contributed by atoms with van der Waals surface area (Å²) in [6.07, 6.45) is 8.41. The van der Waals surface area contributed by atoms with Crippen LogP contribution in [0, 0.1) is 0 Å². The molecule has 1 aliphatic carbocycles. The van der Waals surface area contributed by atoms with Crippen LogP contribution in [0.15, 0.2) is 0 Å². The summed E-state index contributed by atoms with van der Waals surface area (Å²) in [4.78, 5) is 2.45. The van der Waals surface area contributed by atoms with E-state index in [1.165, 1.54) is 38.5 Å². The van der Waals surface area contributed by atoms with Crippen molar-refractivity contribution in [2.45, 2.75) is 63.1 Å². The molecule has 0 spiro atoms. The zero-order valence-electron chi connectivity index (χ0n) is 10.5. The fourth-order valence-corrected chi connectivity index (χ4v) is 3.20. The monoisotopic (exact) mass is 226 g/mol. The molecule has 94 valence electrons. The fourth-order valence-electron chi connectivity index (χ4n) is 3.20. The molecule has 0 aromatic heterocycles. The van der Waals surface area contributed by atoms with Gasteiger partial charge in [0.05, 0.1) is 6.10 Å². The molecule has 3 unspecified atom stereocenters. The van der Waals surface area contributed by atoms with E-state index in [4.69, 9.17) is 0 Å². The Morgan fingerprint density at radius 2 is 1.88 bits per heavy atom. The number of hydrogen-bond donors (Lipinski definition) is 2. The van der Waals surface area contributed by atoms with E-state index in [9.17, 15) is 5.11 Å². The van der Waals surface area contributed by atoms with Gasteiger partial charge in [-0.3, -0.25) is 4.90 Å². The summed E-state index contributed by atoms with van der Waals surface area (Å²) in [6.45, 7) is 2.26. The van der Waals surface area contributed by atoms with Gasteiger partial charge in [0, 0.05) is 18.6 Å². The van der Waals surface area contributed by atoms with Crippen molar-refractivity contribution in [2.75, 3.05) is 20.1 Å². The van der Waals surface area contributed by atoms with Crippen LogP contribution in [0.2, 0.25) is 0 Å². The maximum Gasteiger partial charge on any atom is 0.0695 e. The van der Waals surface area contributed by atoms with Crippen LogP contribution < -0.4 is 5.32 Å². The molecule has 1 heterocycles. The van der Waals surface area contributed by atoms with Crippen LogP contribution in [0.25, 0.3) is 0 Å². The van der Waals surface area contributed by atoms with Crippen molar-refractivity contribution in [2.24, 2.45) is 0 Å². The molecule has 2 N–H and O–H groups in total. The lowest BCUT2D eigenvalue weighted by molar-refractivity contribution is 0.0298. The van der Waals surface area contributed by atoms with Crippen molar-refractivity contribution in [3.63, 3.8) is 0 Å². The maximum absolute atomic E-state index is 10.2. The first-order valence-electron chi connectivity index (χ1n) is 6.90. The summed E-state index contributed by atoms with van der Waals surface area (Å²) in [5.74, 6) is 0. The summed E-state index contributed by atoms with van der Waals surface area (Å²) in [7, 11) is 2.21. The van der Waals surface area contributed by atoms with Gasteiger partial charge in [0.15, 0.2) is 0 Å². The normalized spacial score (nSPS) is 37.3. The molecule has 2 aliphatic rings. The summed E-state index contributed by atoms with van der Waals surface area (Å²) in [6, 6.07) is 1.03. The second-order valence-electron chi connectivity index (χ2n) is 5.44. The first-order valence-corrected chi connectivity index (χ1v) is 6.90. The molecule has 2 fully saturated rings. The van der Waals surface area contributed by atoms with Crippen LogP contribution in [-0.4, -0.2) is 48.3 Å². The largest absolute Gasteiger partial charge is 0.391 e. The molecule has 2 rings (SSSR count). The Balaban J connectivity index is 1.92. The van der Waals surface area contributed by atoms with Gasteiger partial charge in [0.1, 0.15) is 0 Å². The van der Waals surface area contributed by atoms with Crippen molar-refractivity contribution in [3.8, 4) is 0 Å². The Labute approximate surface area is 99.2 Å². The van der Waals surface area contributed by atoms with E-state index in [-0.39, 0.29) is 6.10 Å². The number of rotatable bonds is 2. The minimum absolute atomic E-state index is 0.102. The van der Waals surface area contributed by atoms with Gasteiger partial charge in [-0.2, -0.15) is 0 Å². The summed E-state index contributed by atoms with van der Waals surface area (Å²) in [5.41, 5.74) is 0. The molecule has 0 amide bonds. The van der Waals surface area contributed by atoms with Crippen molar-refractivity contribution in [3.05, 3.63) is 0 Å². The Morgan fingerprint density at radius 3 is 2.62 bits per heavy atom. The molecular formula is C13H26N2O. The SMILES string of the molecule is CN(C1CCCNC1)C1CCCCCC1O. The van der Waals surface area contributed by atoms with Gasteiger partial charge in [0.2, 0.25) is 0 Å². The standard InChI is InChI=1S/C13H26N2O/c1-15(11-6-5-9-14-10-11)12-7-3-2-4-8-13(12)16/h11-14,16H,2-10H2,1H3. The van der Waals surface area contributed by atoms with Crippen molar-refractivity contribution >= 4 is 0 Å². The van der Waals surface area contributed by atoms with Gasteiger partial charge in [-0.1, -0.05) is 19.3 Å². The number of piperidine rings is 1. The molecule has 3 heteroatoms. The molecule has 3 nitrogen and oxygen atoms in total. The number of likely N-dealkylation sites (N-methyl/N-ethyl adjacent to an activating group) is 1. The van der Waals surface area contributed by atoms with Crippen molar-refractivity contribution < 1.29 is 5.11 Å². The molecular weight excluding hydrogens is 200 g/mol. The third kappa shape index (κ3) is 2.96. The van der Waals surface area contributed by atoms with Crippen LogP contribution in [0.4, 0.5) is 0 Å². The highest BCUT2D eigenvalue weighted by Crippen LogP contribution is 2.24. The predicted octanol–water partition coefficient (Wildman–Crippen LogP) is 1.36. The number of hydrogen-bond acceptors (Lipinski definition) is 3. The van der Waals surface area contributed by atoms with Crippen LogP contribution in [0.3, 0.4) is 0 Å². The second kappa shape index (κ2) is 5.99. The van der Waals surface area contributed by atoms with E-state index in [0.29, 0.717) is 12.1 Å². The molecule has 3 atom stereocenters. The molecule has 0 radical (unpaired) electrons. The molecule has 0 bridgehead atoms. The third-order valence-corrected chi connectivity index (χ3v) is 4.31. The molecule has 1 saturated carbocycles. The van der Waals surface area contributed by atoms with E-state index in [2.05, 4.69) is 17.3 Å². The maximum atomic E-state index is 10.2. The minimum Gasteiger partial charge on any atom is -0.391 e. The third-order valence-electron chi connectivity index (χ3n) is 4.31. The predicted molar refractivity (Wildman–Crippen MR) is 66.5 cm³/mol. The van der Waals surface area contributed by atoms with Crippen LogP contribution in [-0.2, 0) is 0 Å². The molecule has 1 aliphatic heterocycles. The topological polar surface area (TPSA) is 35.5 Å². The van der Waals surface area contributed by atoms with Crippen LogP contribution in [0.1, 0.15) is 44.9 Å². The fraction of sp³-hybridized carbons (Fsp3) is 1.00. The smallest absolute Gasteiger partial charge is 0.0695 e. The van der Waals surface area contributed by atoms with E-state index in [0.717, 1.165) is 19.5 Å². The molecule has 0 aromatic rings. The highest BCUT2D eigenvalue weighted by molar-refractivity contribution is 4.86. The van der Waals surface area contributed by atoms with Gasteiger partial charge < -0.3 is 10.4 Å². The Morgan fingerprint density at radius 1 is 1.06 bits per heavy atom. The molecule has 0 aromatic carbocycles. The van der Waals surface area contributed by atoms with Crippen molar-refractivity contribution in [1.29, 1.82) is 0 Å². The zero-order valence-corrected chi connectivity index (χ0v) is 10.5. The molecule has 1 saturated heterocycles. The van der Waals surface area contributed by atoms with Crippen molar-refractivity contribution in [1.82, 2.24) is 10.2 Å². The Kier molecular flexibility index (Phi) is 4.62. The van der Waals surface area contributed by atoms with E-state index in [1.807, 2.05) is 0 Å². The summed E-state index contributed by atoms with van der Waals surface area (Å²) in [5, 5.41) is 13.6. The minimum atomic E-state index is -0.102. The second-order valence-corrected chi connectivity index (χ2v) is 5.44. The lowest BCUT2D eigenvalue weighted by atomic mass is 9.99. The number of nitrogens with one attached hydrogen (secondary N) is 1. The first-order chi connectivity index (χ1) is 7.79. The summed E-state index contributed by atoms with van der Waals surface area (Å²) < 4.78 is 0. The average Bonchev–Trinajstić information content (AvgIpc) is 2.54. The summed E-state index contributed by atoms with van der Waals surface area (Å²) >= 11 is 0. The number of aliphatic hydroxyl groups excluding tert-OH is 1. The van der Waals surface area contributed by atoms with E-state index >= 15 is 0 Å². The van der Waals surface area contributed by atoms with Gasteiger partial charge in [-0.25, -0.2) is 0 Å². The number of aliphatic hydroxyl groups is 1. The lowest BCUT2D eigenvalue weighted by Crippen LogP contribution is -2.51. The van der Waals surface area contributed by atoms with Crippen LogP contribution >= 0.6 is 0 Å². The quantitative estimate of drug-likeness (QED) is 0.698. The van der Waals surface area contributed by atoms with Gasteiger partial charge in [-0.15, -0.1) is 0 Å². The van der Waals surface area contributed by atoms with E-state index < -0.39 is 0 Å². The average molecular weight is 226 g/mol. The highest BCUT2D eigenvalue weighted by Gasteiger charge is 2.30. The Hall–Kier alpha value is -0.120. The van der Waals surface area contributed by atoms with Gasteiger partial charge in [-0.05, 0) is 39.3 Å².